The number of benzene rings is 3. The van der Waals surface area contributed by atoms with Crippen LogP contribution in [0.15, 0.2) is 72.8 Å². The summed E-state index contributed by atoms with van der Waals surface area (Å²) in [5.41, 5.74) is 2.93. The Morgan fingerprint density at radius 3 is 1.70 bits per heavy atom. The third-order valence-corrected chi connectivity index (χ3v) is 6.11. The van der Waals surface area contributed by atoms with Gasteiger partial charge in [-0.15, -0.1) is 0 Å². The summed E-state index contributed by atoms with van der Waals surface area (Å²) in [6.45, 7) is 5.44. The maximum atomic E-state index is 12.5. The smallest absolute Gasteiger partial charge is 0.343 e. The summed E-state index contributed by atoms with van der Waals surface area (Å²) in [6, 6.07) is 21.6. The van der Waals surface area contributed by atoms with Gasteiger partial charge >= 0.3 is 11.9 Å². The number of hydrogen-bond donors (Lipinski definition) is 0. The molecule has 37 heavy (non-hydrogen) atoms. The van der Waals surface area contributed by atoms with E-state index in [0.717, 1.165) is 42.6 Å². The van der Waals surface area contributed by atoms with E-state index in [2.05, 4.69) is 13.8 Å². The van der Waals surface area contributed by atoms with Crippen molar-refractivity contribution >= 4 is 11.9 Å². The van der Waals surface area contributed by atoms with Gasteiger partial charge in [0.15, 0.2) is 0 Å². The lowest BCUT2D eigenvalue weighted by Crippen LogP contribution is -2.08. The van der Waals surface area contributed by atoms with Crippen LogP contribution in [0.4, 0.5) is 0 Å². The molecule has 0 unspecified atom stereocenters. The first-order valence-electron chi connectivity index (χ1n) is 13.4. The van der Waals surface area contributed by atoms with Gasteiger partial charge in [0.1, 0.15) is 11.5 Å². The van der Waals surface area contributed by atoms with Crippen LogP contribution in [-0.4, -0.2) is 25.2 Å². The number of carbonyl (C=O) groups is 2. The van der Waals surface area contributed by atoms with Crippen LogP contribution >= 0.6 is 0 Å². The first kappa shape index (κ1) is 28.0. The molecule has 0 amide bonds. The Morgan fingerprint density at radius 1 is 0.541 bits per heavy atom. The molecule has 196 valence electrons. The third-order valence-electron chi connectivity index (χ3n) is 6.11. The van der Waals surface area contributed by atoms with Crippen LogP contribution < -0.4 is 9.47 Å². The van der Waals surface area contributed by atoms with E-state index in [9.17, 15) is 9.59 Å². The van der Waals surface area contributed by atoms with E-state index in [4.69, 9.17) is 14.2 Å². The molecular weight excluding hydrogens is 464 g/mol. The zero-order valence-electron chi connectivity index (χ0n) is 22.0. The van der Waals surface area contributed by atoms with Crippen LogP contribution in [0.1, 0.15) is 85.9 Å². The maximum Gasteiger partial charge on any atom is 0.343 e. The average Bonchev–Trinajstić information content (AvgIpc) is 2.93. The van der Waals surface area contributed by atoms with Gasteiger partial charge in [-0.25, -0.2) is 9.59 Å². The second-order valence-corrected chi connectivity index (χ2v) is 9.12. The fraction of sp³-hybridized carbons (Fsp3) is 0.375. The van der Waals surface area contributed by atoms with Crippen LogP contribution in [0, 0.1) is 0 Å². The Balaban J connectivity index is 1.47. The number of esters is 2. The van der Waals surface area contributed by atoms with E-state index >= 15 is 0 Å². The molecule has 0 fully saturated rings. The molecule has 3 aromatic rings. The number of rotatable bonds is 15. The first-order chi connectivity index (χ1) is 18.1. The van der Waals surface area contributed by atoms with Gasteiger partial charge in [-0.1, -0.05) is 76.6 Å². The zero-order chi connectivity index (χ0) is 26.3. The van der Waals surface area contributed by atoms with Crippen molar-refractivity contribution in [2.75, 3.05) is 13.2 Å². The molecule has 0 aromatic heterocycles. The van der Waals surface area contributed by atoms with E-state index < -0.39 is 5.97 Å². The van der Waals surface area contributed by atoms with Crippen molar-refractivity contribution in [2.24, 2.45) is 0 Å². The number of carbonyl (C=O) groups excluding carboxylic acids is 2. The topological polar surface area (TPSA) is 61.8 Å². The molecule has 0 spiro atoms. The van der Waals surface area contributed by atoms with Crippen molar-refractivity contribution in [1.82, 2.24) is 0 Å². The van der Waals surface area contributed by atoms with Gasteiger partial charge in [0.2, 0.25) is 0 Å². The lowest BCUT2D eigenvalue weighted by atomic mass is 10.0. The normalized spacial score (nSPS) is 10.6. The van der Waals surface area contributed by atoms with Gasteiger partial charge in [-0.2, -0.15) is 0 Å². The Hall–Kier alpha value is -3.60. The highest BCUT2D eigenvalue weighted by Crippen LogP contribution is 2.24. The van der Waals surface area contributed by atoms with E-state index in [-0.39, 0.29) is 5.97 Å². The summed E-state index contributed by atoms with van der Waals surface area (Å²) in [5, 5.41) is 0. The highest BCUT2D eigenvalue weighted by molar-refractivity contribution is 5.91. The van der Waals surface area contributed by atoms with Crippen molar-refractivity contribution in [1.29, 1.82) is 0 Å². The molecular formula is C32H38O5. The van der Waals surface area contributed by atoms with Gasteiger partial charge in [-0.05, 0) is 72.5 Å². The first-order valence-corrected chi connectivity index (χ1v) is 13.4. The molecule has 0 bridgehead atoms. The van der Waals surface area contributed by atoms with E-state index in [1.807, 2.05) is 24.3 Å². The van der Waals surface area contributed by atoms with Gasteiger partial charge in [-0.3, -0.25) is 0 Å². The second-order valence-electron chi connectivity index (χ2n) is 9.12. The quantitative estimate of drug-likeness (QED) is 0.119. The zero-order valence-corrected chi connectivity index (χ0v) is 22.0. The number of unbranched alkanes of at least 4 members (excludes halogenated alkanes) is 6. The fourth-order valence-electron chi connectivity index (χ4n) is 3.83. The minimum atomic E-state index is -0.420. The van der Waals surface area contributed by atoms with E-state index in [1.165, 1.54) is 25.7 Å². The molecule has 3 aromatic carbocycles. The number of hydrogen-bond acceptors (Lipinski definition) is 5. The monoisotopic (exact) mass is 502 g/mol. The summed E-state index contributed by atoms with van der Waals surface area (Å²) >= 11 is 0. The van der Waals surface area contributed by atoms with Crippen LogP contribution in [-0.2, 0) is 4.74 Å². The van der Waals surface area contributed by atoms with Crippen LogP contribution in [0.2, 0.25) is 0 Å². The van der Waals surface area contributed by atoms with Crippen molar-refractivity contribution in [3.05, 3.63) is 83.9 Å². The molecule has 0 atom stereocenters. The molecule has 5 heteroatoms. The van der Waals surface area contributed by atoms with Crippen LogP contribution in [0.25, 0.3) is 11.1 Å². The van der Waals surface area contributed by atoms with Crippen LogP contribution in [0.3, 0.4) is 0 Å². The average molecular weight is 503 g/mol. The van der Waals surface area contributed by atoms with Crippen LogP contribution in [0.5, 0.6) is 11.5 Å². The molecule has 0 aliphatic rings. The van der Waals surface area contributed by atoms with Gasteiger partial charge in [0.05, 0.1) is 24.3 Å². The third kappa shape index (κ3) is 9.41. The molecule has 0 heterocycles. The summed E-state index contributed by atoms with van der Waals surface area (Å²) in [5.74, 6) is 0.498. The van der Waals surface area contributed by atoms with Gasteiger partial charge in [0.25, 0.3) is 0 Å². The molecule has 5 nitrogen and oxygen atoms in total. The molecule has 0 N–H and O–H groups in total. The molecule has 3 rings (SSSR count). The van der Waals surface area contributed by atoms with E-state index in [0.29, 0.717) is 30.1 Å². The van der Waals surface area contributed by atoms with Crippen molar-refractivity contribution in [2.45, 2.75) is 65.2 Å². The highest BCUT2D eigenvalue weighted by atomic mass is 16.5. The molecule has 0 saturated heterocycles. The fourth-order valence-corrected chi connectivity index (χ4v) is 3.83. The Morgan fingerprint density at radius 2 is 1.05 bits per heavy atom. The maximum absolute atomic E-state index is 12.5. The second kappa shape index (κ2) is 15.5. The summed E-state index contributed by atoms with van der Waals surface area (Å²) < 4.78 is 16.6. The Labute approximate surface area is 220 Å². The Kier molecular flexibility index (Phi) is 11.7. The van der Waals surface area contributed by atoms with Crippen molar-refractivity contribution < 1.29 is 23.8 Å². The SMILES string of the molecule is CCCCCCCCOC(=O)c1ccc(-c2ccc(OC(=O)c3ccc(OCCCC)cc3)cc2)cc1. The lowest BCUT2D eigenvalue weighted by Gasteiger charge is -2.08. The Bertz CT molecular complexity index is 1090. The summed E-state index contributed by atoms with van der Waals surface area (Å²) in [6.07, 6.45) is 9.01. The molecule has 0 aliphatic carbocycles. The number of ether oxygens (including phenoxy) is 3. The minimum Gasteiger partial charge on any atom is -0.494 e. The van der Waals surface area contributed by atoms with Gasteiger partial charge < -0.3 is 14.2 Å². The summed E-state index contributed by atoms with van der Waals surface area (Å²) in [4.78, 5) is 24.8. The predicted molar refractivity (Wildman–Crippen MR) is 147 cm³/mol. The largest absolute Gasteiger partial charge is 0.494 e. The summed E-state index contributed by atoms with van der Waals surface area (Å²) in [7, 11) is 0. The highest BCUT2D eigenvalue weighted by Gasteiger charge is 2.10. The van der Waals surface area contributed by atoms with Crippen molar-refractivity contribution in [3.8, 4) is 22.6 Å². The lowest BCUT2D eigenvalue weighted by molar-refractivity contribution is 0.0497. The van der Waals surface area contributed by atoms with Gasteiger partial charge in [0, 0.05) is 0 Å². The minimum absolute atomic E-state index is 0.289. The van der Waals surface area contributed by atoms with Crippen molar-refractivity contribution in [3.63, 3.8) is 0 Å². The molecule has 0 saturated carbocycles. The molecule has 0 aliphatic heterocycles. The van der Waals surface area contributed by atoms with E-state index in [1.54, 1.807) is 48.5 Å². The predicted octanol–water partition coefficient (Wildman–Crippen LogP) is 8.27. The molecule has 0 radical (unpaired) electrons. The standard InChI is InChI=1S/C32H38O5/c1-3-5-7-8-9-10-24-36-31(33)27-13-11-25(12-14-27)26-15-21-30(22-16-26)37-32(34)28-17-19-29(20-18-28)35-23-6-4-2/h11-22H,3-10,23-24H2,1-2H3.